The van der Waals surface area contributed by atoms with E-state index in [2.05, 4.69) is 87.0 Å². The predicted octanol–water partition coefficient (Wildman–Crippen LogP) is 6.82. The lowest BCUT2D eigenvalue weighted by molar-refractivity contribution is 0.0970. The van der Waals surface area contributed by atoms with Crippen molar-refractivity contribution in [1.29, 1.82) is 0 Å². The maximum atomic E-state index is 13.5. The number of hydrogen-bond acceptors (Lipinski definition) is 3. The molecule has 0 unspecified atom stereocenters. The largest absolute Gasteiger partial charge is 0.507 e. The summed E-state index contributed by atoms with van der Waals surface area (Å²) in [4.78, 5) is 13.5. The minimum absolute atomic E-state index is 0.00513. The fourth-order valence-corrected chi connectivity index (χ4v) is 4.74. The number of ketones is 1. The number of Topliss-reactive ketones (excluding diaryl/α,β-unsaturated/α-hetero) is 1. The highest BCUT2D eigenvalue weighted by Crippen LogP contribution is 2.39. The lowest BCUT2D eigenvalue weighted by Crippen LogP contribution is -2.29. The number of aromatic nitrogens is 2. The van der Waals surface area contributed by atoms with E-state index in [0.29, 0.717) is 17.2 Å². The topological polar surface area (TPSA) is 59.5 Å². The number of carbonyl (C=O) groups is 1. The van der Waals surface area contributed by atoms with Crippen LogP contribution in [0.5, 0.6) is 5.75 Å². The van der Waals surface area contributed by atoms with E-state index in [1.54, 1.807) is 0 Å². The number of halogens is 1. The van der Waals surface area contributed by atoms with Gasteiger partial charge in [0.15, 0.2) is 5.78 Å². The van der Waals surface area contributed by atoms with E-state index >= 15 is 0 Å². The van der Waals surface area contributed by atoms with Crippen molar-refractivity contribution in [1.82, 2.24) is 9.13 Å². The zero-order valence-corrected chi connectivity index (χ0v) is 23.5. The second kappa shape index (κ2) is 10.6. The second-order valence-electron chi connectivity index (χ2n) is 11.2. The summed E-state index contributed by atoms with van der Waals surface area (Å²) in [5.74, 6) is 0.984. The first kappa shape index (κ1) is 27.4. The van der Waals surface area contributed by atoms with E-state index in [1.165, 1.54) is 12.8 Å². The SMILES string of the molecule is CCC(CC)CCn1c(C)cn(CC(=O)c2cc(C(C)(C)C)c(O)c(C(C)(C)C)c2)c1=NBr. The number of nitrogens with zero attached hydrogens (tertiary/aromatic N) is 3. The van der Waals surface area contributed by atoms with Crippen LogP contribution in [0.4, 0.5) is 0 Å². The van der Waals surface area contributed by atoms with E-state index in [4.69, 9.17) is 0 Å². The third kappa shape index (κ3) is 6.40. The molecule has 0 amide bonds. The number of aromatic hydroxyl groups is 1. The van der Waals surface area contributed by atoms with Gasteiger partial charge in [0.1, 0.15) is 5.75 Å². The fourth-order valence-electron chi connectivity index (χ4n) is 4.35. The van der Waals surface area contributed by atoms with Crippen LogP contribution in [0.3, 0.4) is 0 Å². The van der Waals surface area contributed by atoms with E-state index in [-0.39, 0.29) is 23.2 Å². The Morgan fingerprint density at radius 2 is 1.58 bits per heavy atom. The Labute approximate surface area is 208 Å². The number of phenolic OH excluding ortho intramolecular Hbond substituents is 1. The van der Waals surface area contributed by atoms with Gasteiger partial charge in [-0.1, -0.05) is 68.2 Å². The maximum Gasteiger partial charge on any atom is 0.217 e. The number of hydrogen-bond donors (Lipinski definition) is 1. The predicted molar refractivity (Wildman–Crippen MR) is 140 cm³/mol. The molecule has 1 heterocycles. The van der Waals surface area contributed by atoms with Crippen LogP contribution < -0.4 is 5.62 Å². The molecule has 1 aromatic heterocycles. The van der Waals surface area contributed by atoms with Crippen molar-refractivity contribution in [2.24, 2.45) is 9.94 Å². The van der Waals surface area contributed by atoms with E-state index in [9.17, 15) is 9.90 Å². The maximum absolute atomic E-state index is 13.5. The smallest absolute Gasteiger partial charge is 0.217 e. The lowest BCUT2D eigenvalue weighted by atomic mass is 9.78. The summed E-state index contributed by atoms with van der Waals surface area (Å²) >= 11 is 3.28. The fraction of sp³-hybridized carbons (Fsp3) is 0.630. The third-order valence-electron chi connectivity index (χ3n) is 6.62. The molecule has 0 spiro atoms. The normalized spacial score (nSPS) is 13.2. The highest BCUT2D eigenvalue weighted by atomic mass is 79.9. The minimum Gasteiger partial charge on any atom is -0.507 e. The van der Waals surface area contributed by atoms with Gasteiger partial charge in [-0.2, -0.15) is 4.02 Å². The number of carbonyl (C=O) groups excluding carboxylic acids is 1. The molecule has 0 aliphatic carbocycles. The van der Waals surface area contributed by atoms with Crippen molar-refractivity contribution in [3.63, 3.8) is 0 Å². The highest BCUT2D eigenvalue weighted by molar-refractivity contribution is 9.08. The van der Waals surface area contributed by atoms with Crippen molar-refractivity contribution in [2.45, 2.75) is 105 Å². The zero-order chi connectivity index (χ0) is 25.1. The number of imidazole rings is 1. The first-order chi connectivity index (χ1) is 15.2. The monoisotopic (exact) mass is 519 g/mol. The first-order valence-electron chi connectivity index (χ1n) is 12.1. The summed E-state index contributed by atoms with van der Waals surface area (Å²) in [6, 6.07) is 3.71. The van der Waals surface area contributed by atoms with Gasteiger partial charge in [0.05, 0.1) is 22.7 Å². The van der Waals surface area contributed by atoms with Crippen LogP contribution in [0.25, 0.3) is 0 Å². The second-order valence-corrected chi connectivity index (χ2v) is 11.6. The van der Waals surface area contributed by atoms with Crippen LogP contribution in [0, 0.1) is 12.8 Å². The molecule has 2 rings (SSSR count). The van der Waals surface area contributed by atoms with Gasteiger partial charge in [-0.15, -0.1) is 0 Å². The first-order valence-corrected chi connectivity index (χ1v) is 12.8. The van der Waals surface area contributed by atoms with Crippen LogP contribution in [0.15, 0.2) is 22.3 Å². The van der Waals surface area contributed by atoms with Gasteiger partial charge >= 0.3 is 0 Å². The quantitative estimate of drug-likeness (QED) is 0.389. The molecule has 0 saturated carbocycles. The van der Waals surface area contributed by atoms with Crippen LogP contribution in [-0.2, 0) is 23.9 Å². The van der Waals surface area contributed by atoms with E-state index in [0.717, 1.165) is 35.4 Å². The Balaban J connectivity index is 2.46. The average molecular weight is 521 g/mol. The Hall–Kier alpha value is -1.82. The molecule has 33 heavy (non-hydrogen) atoms. The van der Waals surface area contributed by atoms with Crippen LogP contribution in [0.1, 0.15) is 102 Å². The van der Waals surface area contributed by atoms with Crippen molar-refractivity contribution in [2.75, 3.05) is 0 Å². The van der Waals surface area contributed by atoms with Crippen LogP contribution in [0.2, 0.25) is 0 Å². The molecule has 5 nitrogen and oxygen atoms in total. The molecular formula is C27H42BrN3O2. The molecule has 0 atom stereocenters. The summed E-state index contributed by atoms with van der Waals surface area (Å²) in [6.45, 7) is 20.0. The summed E-state index contributed by atoms with van der Waals surface area (Å²) in [6.07, 6.45) is 5.43. The van der Waals surface area contributed by atoms with Gasteiger partial charge in [0, 0.05) is 35.1 Å². The van der Waals surface area contributed by atoms with Gasteiger partial charge in [-0.3, -0.25) is 4.79 Å². The van der Waals surface area contributed by atoms with Gasteiger partial charge in [-0.05, 0) is 42.2 Å². The Bertz CT molecular complexity index is 1010. The molecule has 2 aromatic rings. The molecule has 0 aliphatic heterocycles. The molecule has 0 bridgehead atoms. The molecule has 184 valence electrons. The van der Waals surface area contributed by atoms with Crippen molar-refractivity contribution in [3.8, 4) is 5.75 Å². The number of aryl methyl sites for hydroxylation is 1. The van der Waals surface area contributed by atoms with Gasteiger partial charge in [0.2, 0.25) is 5.62 Å². The number of phenols is 1. The molecule has 0 fully saturated rings. The van der Waals surface area contributed by atoms with Crippen LogP contribution >= 0.6 is 16.1 Å². The highest BCUT2D eigenvalue weighted by Gasteiger charge is 2.28. The summed E-state index contributed by atoms with van der Waals surface area (Å²) < 4.78 is 8.44. The minimum atomic E-state index is -0.279. The molecule has 6 heteroatoms. The summed E-state index contributed by atoms with van der Waals surface area (Å²) in [5, 5.41) is 11.0. The Kier molecular flexibility index (Phi) is 8.83. The third-order valence-corrected chi connectivity index (χ3v) is 6.94. The average Bonchev–Trinajstić information content (AvgIpc) is 3.01. The van der Waals surface area contributed by atoms with Crippen molar-refractivity contribution < 1.29 is 9.90 Å². The van der Waals surface area contributed by atoms with E-state index < -0.39 is 0 Å². The molecule has 1 N–H and O–H groups in total. The van der Waals surface area contributed by atoms with Crippen molar-refractivity contribution >= 4 is 21.9 Å². The summed E-state index contributed by atoms with van der Waals surface area (Å²) in [7, 11) is 0. The molecule has 0 saturated heterocycles. The number of rotatable bonds is 8. The molecule has 1 aromatic carbocycles. The molecule has 0 aliphatic rings. The molecule has 0 radical (unpaired) electrons. The summed E-state index contributed by atoms with van der Waals surface area (Å²) in [5.41, 5.74) is 3.50. The van der Waals surface area contributed by atoms with Gasteiger partial charge in [0.25, 0.3) is 0 Å². The lowest BCUT2D eigenvalue weighted by Gasteiger charge is -2.28. The van der Waals surface area contributed by atoms with Crippen LogP contribution in [-0.4, -0.2) is 20.0 Å². The Morgan fingerprint density at radius 3 is 2.00 bits per heavy atom. The molecular weight excluding hydrogens is 478 g/mol. The Morgan fingerprint density at radius 1 is 1.06 bits per heavy atom. The number of benzene rings is 1. The van der Waals surface area contributed by atoms with Gasteiger partial charge < -0.3 is 14.2 Å². The van der Waals surface area contributed by atoms with E-state index in [1.807, 2.05) is 22.9 Å². The standard InChI is InChI=1S/C27H42BrN3O2/c1-10-19(11-2)12-13-31-18(3)16-30(25(31)29-28)17-23(32)20-14-21(26(4,5)6)24(33)22(15-20)27(7,8)9/h14-16,19,33H,10-13,17H2,1-9H3. The van der Waals surface area contributed by atoms with Gasteiger partial charge in [-0.25, -0.2) is 0 Å². The zero-order valence-electron chi connectivity index (χ0n) is 21.9. The van der Waals surface area contributed by atoms with Crippen molar-refractivity contribution in [3.05, 3.63) is 46.3 Å².